The van der Waals surface area contributed by atoms with Crippen LogP contribution in [0.15, 0.2) is 60.7 Å². The molecule has 0 unspecified atom stereocenters. The van der Waals surface area contributed by atoms with Crippen LogP contribution in [-0.2, 0) is 39.6 Å². The minimum Gasteiger partial charge on any atom is -0.497 e. The van der Waals surface area contributed by atoms with Gasteiger partial charge in [-0.25, -0.2) is 4.79 Å². The van der Waals surface area contributed by atoms with Gasteiger partial charge in [-0.05, 0) is 97.7 Å². The van der Waals surface area contributed by atoms with Crippen LogP contribution >= 0.6 is 0 Å². The van der Waals surface area contributed by atoms with E-state index in [9.17, 15) is 14.4 Å². The van der Waals surface area contributed by atoms with E-state index in [1.54, 1.807) is 19.3 Å². The number of esters is 2. The first-order chi connectivity index (χ1) is 25.4. The number of carbonyl (C=O) groups is 3. The van der Waals surface area contributed by atoms with Crippen molar-refractivity contribution in [1.82, 2.24) is 0 Å². The molecule has 0 N–H and O–H groups in total. The molecule has 0 aromatic heterocycles. The molecule has 2 aliphatic rings. The molecule has 1 fully saturated rings. The maximum atomic E-state index is 14.1. The van der Waals surface area contributed by atoms with E-state index in [1.807, 2.05) is 37.3 Å². The number of hydrogen-bond acceptors (Lipinski definition) is 8. The van der Waals surface area contributed by atoms with Crippen molar-refractivity contribution in [3.8, 4) is 5.75 Å². The Balaban J connectivity index is 1.95. The highest BCUT2D eigenvalue weighted by atomic mass is 28.4. The van der Waals surface area contributed by atoms with Crippen LogP contribution in [0.5, 0.6) is 5.75 Å². The van der Waals surface area contributed by atoms with Crippen molar-refractivity contribution in [3.63, 3.8) is 0 Å². The molecular formula is C45H70O8Si. The monoisotopic (exact) mass is 766 g/mol. The molecule has 0 amide bonds. The van der Waals surface area contributed by atoms with Crippen molar-refractivity contribution in [2.24, 2.45) is 35.5 Å². The van der Waals surface area contributed by atoms with Crippen LogP contribution in [0.2, 0.25) is 18.1 Å². The Kier molecular flexibility index (Phi) is 17.9. The maximum absolute atomic E-state index is 14.1. The van der Waals surface area contributed by atoms with Crippen LogP contribution in [0.3, 0.4) is 0 Å². The normalized spacial score (nSPS) is 29.9. The summed E-state index contributed by atoms with van der Waals surface area (Å²) in [7, 11) is -0.554. The van der Waals surface area contributed by atoms with E-state index < -0.39 is 20.4 Å². The second-order valence-corrected chi connectivity index (χ2v) is 22.4. The van der Waals surface area contributed by atoms with Gasteiger partial charge < -0.3 is 23.4 Å². The van der Waals surface area contributed by atoms with Gasteiger partial charge in [0, 0.05) is 18.3 Å². The molecule has 1 saturated carbocycles. The summed E-state index contributed by atoms with van der Waals surface area (Å²) >= 11 is 0. The van der Waals surface area contributed by atoms with Crippen LogP contribution in [0.1, 0.15) is 105 Å². The third kappa shape index (κ3) is 13.9. The molecule has 9 heteroatoms. The summed E-state index contributed by atoms with van der Waals surface area (Å²) in [6, 6.07) is 7.88. The largest absolute Gasteiger partial charge is 0.497 e. The lowest BCUT2D eigenvalue weighted by atomic mass is 9.82. The van der Waals surface area contributed by atoms with Crippen molar-refractivity contribution in [1.29, 1.82) is 0 Å². The third-order valence-corrected chi connectivity index (χ3v) is 16.4. The highest BCUT2D eigenvalue weighted by molar-refractivity contribution is 6.74. The number of hydrogen-bond donors (Lipinski definition) is 0. The van der Waals surface area contributed by atoms with E-state index >= 15 is 0 Å². The molecule has 8 nitrogen and oxygen atoms in total. The Hall–Kier alpha value is -3.01. The molecule has 8 atom stereocenters. The SMILES string of the molecule is C=CCOC(=O)/C1=C\C=C\C[C@@H]([C@@H]2CCC[C@H]2COCc2ccc(OC)cc2)OC(=O)C[C@H](O[Si](C)(C)C(C)(C)C)[C@@H](C)C[C@@H](C)C[C@@H](C)C[C@H](C)C1=O. The highest BCUT2D eigenvalue weighted by Crippen LogP contribution is 2.41. The fraction of sp³-hybridized carbons (Fsp3) is 0.667. The number of allylic oxidation sites excluding steroid dienone is 2. The van der Waals surface area contributed by atoms with Crippen LogP contribution in [0.25, 0.3) is 0 Å². The van der Waals surface area contributed by atoms with Crippen LogP contribution in [0, 0.1) is 35.5 Å². The molecule has 0 radical (unpaired) electrons. The second-order valence-electron chi connectivity index (χ2n) is 17.7. The fourth-order valence-corrected chi connectivity index (χ4v) is 9.33. The molecule has 1 aromatic carbocycles. The topological polar surface area (TPSA) is 97.4 Å². The summed E-state index contributed by atoms with van der Waals surface area (Å²) < 4.78 is 30.4. The smallest absolute Gasteiger partial charge is 0.342 e. The third-order valence-electron chi connectivity index (χ3n) is 11.9. The van der Waals surface area contributed by atoms with Gasteiger partial charge in [-0.3, -0.25) is 9.59 Å². The van der Waals surface area contributed by atoms with Crippen LogP contribution in [-0.4, -0.2) is 58.6 Å². The lowest BCUT2D eigenvalue weighted by Crippen LogP contribution is -2.46. The number of Topliss-reactive ketones (excluding diaryl/α,β-unsaturated/α-hetero) is 1. The van der Waals surface area contributed by atoms with E-state index in [0.717, 1.165) is 43.4 Å². The molecule has 0 spiro atoms. The number of ether oxygens (including phenoxy) is 4. The zero-order valence-corrected chi connectivity index (χ0v) is 36.0. The predicted molar refractivity (Wildman–Crippen MR) is 219 cm³/mol. The summed E-state index contributed by atoms with van der Waals surface area (Å²) in [5.41, 5.74) is 1.10. The van der Waals surface area contributed by atoms with E-state index in [-0.39, 0.29) is 71.1 Å². The lowest BCUT2D eigenvalue weighted by Gasteiger charge is -2.41. The average molecular weight is 767 g/mol. The number of cyclic esters (lactones) is 1. The summed E-state index contributed by atoms with van der Waals surface area (Å²) in [5.74, 6) is 0.389. The zero-order valence-electron chi connectivity index (χ0n) is 35.0. The van der Waals surface area contributed by atoms with Gasteiger partial charge in [0.1, 0.15) is 24.0 Å². The molecule has 0 saturated heterocycles. The number of methoxy groups -OCH3 is 1. The van der Waals surface area contributed by atoms with E-state index in [0.29, 0.717) is 32.0 Å². The minimum atomic E-state index is -2.21. The first kappa shape index (κ1) is 45.4. The Morgan fingerprint density at radius 3 is 2.33 bits per heavy atom. The van der Waals surface area contributed by atoms with Crippen molar-refractivity contribution < 1.29 is 37.8 Å². The number of ketones is 1. The molecule has 302 valence electrons. The first-order valence-corrected chi connectivity index (χ1v) is 23.1. The molecular weight excluding hydrogens is 697 g/mol. The zero-order chi connectivity index (χ0) is 40.1. The van der Waals surface area contributed by atoms with E-state index in [1.165, 1.54) is 6.08 Å². The maximum Gasteiger partial charge on any atom is 0.342 e. The second kappa shape index (κ2) is 21.3. The van der Waals surface area contributed by atoms with Crippen LogP contribution in [0.4, 0.5) is 0 Å². The Bertz CT molecular complexity index is 1420. The van der Waals surface area contributed by atoms with E-state index in [4.69, 9.17) is 23.4 Å². The van der Waals surface area contributed by atoms with Gasteiger partial charge in [0.05, 0.1) is 32.8 Å². The summed E-state index contributed by atoms with van der Waals surface area (Å²) in [5, 5.41) is -0.00780. The van der Waals surface area contributed by atoms with Crippen molar-refractivity contribution in [2.75, 3.05) is 20.3 Å². The fourth-order valence-electron chi connectivity index (χ4n) is 7.90. The Morgan fingerprint density at radius 2 is 1.69 bits per heavy atom. The number of benzene rings is 1. The van der Waals surface area contributed by atoms with Gasteiger partial charge in [0.25, 0.3) is 0 Å². The quantitative estimate of drug-likeness (QED) is 0.0951. The molecule has 3 rings (SSSR count). The van der Waals surface area contributed by atoms with Gasteiger partial charge in [-0.1, -0.05) is 91.8 Å². The molecule has 1 aliphatic carbocycles. The van der Waals surface area contributed by atoms with Crippen molar-refractivity contribution >= 4 is 26.0 Å². The van der Waals surface area contributed by atoms with Gasteiger partial charge >= 0.3 is 11.9 Å². The summed E-state index contributed by atoms with van der Waals surface area (Å²) in [6.45, 7) is 24.4. The van der Waals surface area contributed by atoms with E-state index in [2.05, 4.69) is 61.2 Å². The molecule has 1 aromatic rings. The summed E-state index contributed by atoms with van der Waals surface area (Å²) in [6.07, 6.45) is 12.1. The number of carbonyl (C=O) groups excluding carboxylic acids is 3. The van der Waals surface area contributed by atoms with Crippen LogP contribution < -0.4 is 4.74 Å². The van der Waals surface area contributed by atoms with Gasteiger partial charge in [0.15, 0.2) is 14.1 Å². The Morgan fingerprint density at radius 1 is 1.00 bits per heavy atom. The Labute approximate surface area is 327 Å². The first-order valence-electron chi connectivity index (χ1n) is 20.2. The minimum absolute atomic E-state index is 0.00780. The standard InChI is InChI=1S/C45H70O8Si/c1-12-24-51-44(48)39-17-13-14-19-40(38-18-15-16-36(38)30-50-29-35-20-22-37(49-9)23-21-35)52-42(46)28-41(53-54(10,11)45(6,7)8)33(4)26-31(2)25-32(3)27-34(5)43(39)47/h12-14,17,20-23,31-34,36,38,40-41H,1,15-16,18-19,24-30H2,2-11H3/b14-13+,39-17-/t31-,32+,33-,34-,36-,38+,40-,41-/m0/s1. The average Bonchev–Trinajstić information content (AvgIpc) is 3.57. The number of rotatable bonds is 11. The summed E-state index contributed by atoms with van der Waals surface area (Å²) in [4.78, 5) is 40.9. The lowest BCUT2D eigenvalue weighted by molar-refractivity contribution is -0.155. The van der Waals surface area contributed by atoms with Crippen molar-refractivity contribution in [3.05, 3.63) is 66.3 Å². The van der Waals surface area contributed by atoms with Crippen molar-refractivity contribution in [2.45, 2.75) is 137 Å². The molecule has 0 bridgehead atoms. The predicted octanol–water partition coefficient (Wildman–Crippen LogP) is 10.2. The van der Waals surface area contributed by atoms with Gasteiger partial charge in [0.2, 0.25) is 0 Å². The highest BCUT2D eigenvalue weighted by Gasteiger charge is 2.42. The molecule has 1 aliphatic heterocycles. The molecule has 54 heavy (non-hydrogen) atoms. The van der Waals surface area contributed by atoms with Gasteiger partial charge in [-0.2, -0.15) is 0 Å². The molecule has 1 heterocycles. The van der Waals surface area contributed by atoms with Gasteiger partial charge in [-0.15, -0.1) is 0 Å².